The minimum absolute atomic E-state index is 0.0150. The van der Waals surface area contributed by atoms with E-state index in [9.17, 15) is 0 Å². The number of nitrogens with zero attached hydrogens (tertiary/aromatic N) is 2. The van der Waals surface area contributed by atoms with E-state index >= 15 is 0 Å². The second-order valence-corrected chi connectivity index (χ2v) is 23.1. The first-order valence-electron chi connectivity index (χ1n) is 22.7. The smallest absolute Gasteiger partial charge is 0.252 e. The minimum Gasteiger partial charge on any atom is -0.454 e. The van der Waals surface area contributed by atoms with Gasteiger partial charge in [-0.05, 0) is 134 Å². The van der Waals surface area contributed by atoms with E-state index in [2.05, 4.69) is 210 Å². The van der Waals surface area contributed by atoms with Crippen LogP contribution in [0.5, 0.6) is 0 Å². The van der Waals surface area contributed by atoms with Crippen LogP contribution < -0.4 is 26.2 Å². The number of rotatable bonds is 2. The monoisotopic (exact) mass is 803 g/mol. The summed E-state index contributed by atoms with van der Waals surface area (Å²) >= 11 is 0. The molecule has 0 fully saturated rings. The normalized spacial score (nSPS) is 16.7. The van der Waals surface area contributed by atoms with Crippen LogP contribution in [-0.4, -0.2) is 6.71 Å². The summed E-state index contributed by atoms with van der Waals surface area (Å²) in [5.74, 6) is 0. The standard InChI is InChI=1S/C57H63BN2O/c1-34-29-48-50-49(30-34)60(46-20-16-18-39-38-17-15-19-40(55(8,9)10)51(38)61-52(39)46)47-33-42-41(56(11,12)27-28-57(42,13)14)32-44(47)58(50)43-31-36(54(5,6)7)23-26-45(43)59(48)37-24-21-35(22-25-37)53(2,3)4/h15-26,29-33H,27-28H2,1-14H3. The van der Waals surface area contributed by atoms with Crippen molar-refractivity contribution in [1.82, 2.24) is 0 Å². The summed E-state index contributed by atoms with van der Waals surface area (Å²) in [4.78, 5) is 5.15. The summed E-state index contributed by atoms with van der Waals surface area (Å²) in [5, 5.41) is 2.33. The molecule has 0 N–H and O–H groups in total. The van der Waals surface area contributed by atoms with Gasteiger partial charge in [-0.25, -0.2) is 0 Å². The number of fused-ring (bicyclic) bond motifs is 8. The lowest BCUT2D eigenvalue weighted by molar-refractivity contribution is 0.332. The Balaban J connectivity index is 1.34. The Morgan fingerprint density at radius 3 is 1.69 bits per heavy atom. The lowest BCUT2D eigenvalue weighted by Crippen LogP contribution is -2.62. The second-order valence-electron chi connectivity index (χ2n) is 23.1. The molecule has 0 saturated carbocycles. The van der Waals surface area contributed by atoms with Gasteiger partial charge in [0.1, 0.15) is 5.58 Å². The highest BCUT2D eigenvalue weighted by Gasteiger charge is 2.47. The molecule has 3 heterocycles. The van der Waals surface area contributed by atoms with Crippen molar-refractivity contribution in [1.29, 1.82) is 0 Å². The highest BCUT2D eigenvalue weighted by molar-refractivity contribution is 7.00. The van der Waals surface area contributed by atoms with Gasteiger partial charge in [0.2, 0.25) is 0 Å². The van der Waals surface area contributed by atoms with Crippen molar-refractivity contribution in [2.24, 2.45) is 0 Å². The summed E-state index contributed by atoms with van der Waals surface area (Å²) < 4.78 is 7.23. The van der Waals surface area contributed by atoms with Gasteiger partial charge < -0.3 is 14.2 Å². The van der Waals surface area contributed by atoms with Crippen LogP contribution in [0.2, 0.25) is 0 Å². The number of furan rings is 1. The third-order valence-electron chi connectivity index (χ3n) is 14.6. The minimum atomic E-state index is -0.0700. The Morgan fingerprint density at radius 2 is 1.07 bits per heavy atom. The van der Waals surface area contributed by atoms with Gasteiger partial charge in [-0.3, -0.25) is 0 Å². The van der Waals surface area contributed by atoms with Crippen LogP contribution in [0.4, 0.5) is 34.1 Å². The molecule has 6 aromatic carbocycles. The van der Waals surface area contributed by atoms with Crippen molar-refractivity contribution >= 4 is 79.2 Å². The molecule has 2 aliphatic heterocycles. The predicted octanol–water partition coefficient (Wildman–Crippen LogP) is 14.2. The van der Waals surface area contributed by atoms with Crippen LogP contribution >= 0.6 is 0 Å². The van der Waals surface area contributed by atoms with Crippen LogP contribution in [0.3, 0.4) is 0 Å². The fourth-order valence-corrected chi connectivity index (χ4v) is 10.9. The first-order chi connectivity index (χ1) is 28.5. The van der Waals surface area contributed by atoms with Gasteiger partial charge in [0.05, 0.1) is 5.69 Å². The van der Waals surface area contributed by atoms with Gasteiger partial charge in [-0.1, -0.05) is 151 Å². The Morgan fingerprint density at radius 1 is 0.508 bits per heavy atom. The summed E-state index contributed by atoms with van der Waals surface area (Å²) in [5.41, 5.74) is 21.5. The first-order valence-corrected chi connectivity index (χ1v) is 22.7. The van der Waals surface area contributed by atoms with Gasteiger partial charge in [0.15, 0.2) is 5.58 Å². The molecule has 0 unspecified atom stereocenters. The molecule has 0 bridgehead atoms. The number of benzene rings is 6. The van der Waals surface area contributed by atoms with Crippen molar-refractivity contribution in [3.8, 4) is 0 Å². The van der Waals surface area contributed by atoms with Crippen LogP contribution in [0.1, 0.15) is 136 Å². The molecular formula is C57H63BN2O. The second kappa shape index (κ2) is 12.9. The fraction of sp³-hybridized carbons (Fsp3) is 0.368. The van der Waals surface area contributed by atoms with E-state index < -0.39 is 0 Å². The number of anilines is 6. The molecule has 310 valence electrons. The Bertz CT molecular complexity index is 2940. The molecule has 0 amide bonds. The summed E-state index contributed by atoms with van der Waals surface area (Å²) in [6.45, 7) is 32.9. The topological polar surface area (TPSA) is 19.6 Å². The number of para-hydroxylation sites is 2. The highest BCUT2D eigenvalue weighted by atomic mass is 16.3. The van der Waals surface area contributed by atoms with E-state index in [0.717, 1.165) is 28.7 Å². The molecule has 10 rings (SSSR count). The largest absolute Gasteiger partial charge is 0.454 e. The molecular weight excluding hydrogens is 739 g/mol. The third kappa shape index (κ3) is 6.05. The molecule has 0 spiro atoms. The molecule has 1 aliphatic carbocycles. The Hall–Kier alpha value is -5.22. The average molecular weight is 803 g/mol. The van der Waals surface area contributed by atoms with Crippen LogP contribution in [0, 0.1) is 6.92 Å². The van der Waals surface area contributed by atoms with Crippen molar-refractivity contribution in [3.63, 3.8) is 0 Å². The molecule has 3 aliphatic rings. The molecule has 7 aromatic rings. The fourth-order valence-electron chi connectivity index (χ4n) is 10.9. The number of aryl methyl sites for hydroxylation is 1. The van der Waals surface area contributed by atoms with Gasteiger partial charge in [0.25, 0.3) is 6.71 Å². The lowest BCUT2D eigenvalue weighted by Gasteiger charge is -2.47. The third-order valence-corrected chi connectivity index (χ3v) is 14.6. The van der Waals surface area contributed by atoms with Crippen molar-refractivity contribution in [2.45, 2.75) is 137 Å². The SMILES string of the molecule is Cc1cc2c3c(c1)N(c1cccc4c1oc1c(C(C)(C)C)cccc14)c1cc4c(cc1B3c1cc(C(C)(C)C)ccc1N2c1ccc(C(C)(C)C)cc1)C(C)(C)CCC4(C)C. The van der Waals surface area contributed by atoms with Gasteiger partial charge >= 0.3 is 0 Å². The summed E-state index contributed by atoms with van der Waals surface area (Å²) in [6, 6.07) is 40.3. The quantitative estimate of drug-likeness (QED) is 0.162. The summed E-state index contributed by atoms with van der Waals surface area (Å²) in [6.07, 6.45) is 2.32. The molecule has 4 heteroatoms. The maximum Gasteiger partial charge on any atom is 0.252 e. The average Bonchev–Trinajstić information content (AvgIpc) is 3.57. The first kappa shape index (κ1) is 39.9. The molecule has 0 saturated heterocycles. The Labute approximate surface area is 365 Å². The van der Waals surface area contributed by atoms with Crippen LogP contribution in [0.25, 0.3) is 21.9 Å². The lowest BCUT2D eigenvalue weighted by atomic mass is 9.33. The van der Waals surface area contributed by atoms with Crippen molar-refractivity contribution in [2.75, 3.05) is 9.80 Å². The maximum atomic E-state index is 7.23. The van der Waals surface area contributed by atoms with E-state index in [0.29, 0.717) is 0 Å². The molecule has 0 atom stereocenters. The van der Waals surface area contributed by atoms with E-state index in [1.165, 1.54) is 90.0 Å². The van der Waals surface area contributed by atoms with Gasteiger partial charge in [-0.15, -0.1) is 0 Å². The molecule has 61 heavy (non-hydrogen) atoms. The zero-order valence-corrected chi connectivity index (χ0v) is 39.1. The van der Waals surface area contributed by atoms with E-state index in [-0.39, 0.29) is 33.8 Å². The molecule has 0 radical (unpaired) electrons. The zero-order chi connectivity index (χ0) is 43.3. The maximum absolute atomic E-state index is 7.23. The number of hydrogen-bond acceptors (Lipinski definition) is 3. The van der Waals surface area contributed by atoms with E-state index in [4.69, 9.17) is 4.42 Å². The number of hydrogen-bond donors (Lipinski definition) is 0. The van der Waals surface area contributed by atoms with Crippen molar-refractivity contribution in [3.05, 3.63) is 137 Å². The molecule has 3 nitrogen and oxygen atoms in total. The van der Waals surface area contributed by atoms with E-state index in [1.807, 2.05) is 0 Å². The van der Waals surface area contributed by atoms with Crippen molar-refractivity contribution < 1.29 is 4.42 Å². The van der Waals surface area contributed by atoms with Crippen LogP contribution in [-0.2, 0) is 27.1 Å². The summed E-state index contributed by atoms with van der Waals surface area (Å²) in [7, 11) is 0. The van der Waals surface area contributed by atoms with Gasteiger partial charge in [0, 0.05) is 44.8 Å². The molecule has 1 aromatic heterocycles. The van der Waals surface area contributed by atoms with Gasteiger partial charge in [-0.2, -0.15) is 0 Å². The Kier molecular flexibility index (Phi) is 8.44. The highest BCUT2D eigenvalue weighted by Crippen LogP contribution is 2.52. The van der Waals surface area contributed by atoms with Crippen LogP contribution in [0.15, 0.2) is 108 Å². The van der Waals surface area contributed by atoms with E-state index in [1.54, 1.807) is 0 Å². The zero-order valence-electron chi connectivity index (χ0n) is 39.1. The predicted molar refractivity (Wildman–Crippen MR) is 264 cm³/mol.